The summed E-state index contributed by atoms with van der Waals surface area (Å²) >= 11 is 14.8. The van der Waals surface area contributed by atoms with Gasteiger partial charge in [0.2, 0.25) is 0 Å². The Balaban J connectivity index is 1.55. The fourth-order valence-electron chi connectivity index (χ4n) is 4.32. The summed E-state index contributed by atoms with van der Waals surface area (Å²) in [5.41, 5.74) is 2.21. The van der Waals surface area contributed by atoms with E-state index in [9.17, 15) is 5.21 Å². The van der Waals surface area contributed by atoms with Gasteiger partial charge in [0.25, 0.3) is 0 Å². The number of thioether (sulfide) groups is 1. The highest BCUT2D eigenvalue weighted by Crippen LogP contribution is 2.42. The van der Waals surface area contributed by atoms with Crippen LogP contribution in [0.5, 0.6) is 11.5 Å². The summed E-state index contributed by atoms with van der Waals surface area (Å²) in [4.78, 5) is 13.6. The fourth-order valence-corrected chi connectivity index (χ4v) is 5.32. The van der Waals surface area contributed by atoms with Crippen molar-refractivity contribution in [1.82, 2.24) is 19.7 Å². The lowest BCUT2D eigenvalue weighted by Crippen LogP contribution is -2.25. The van der Waals surface area contributed by atoms with Gasteiger partial charge in [-0.1, -0.05) is 47.1 Å². The molecule has 2 aromatic carbocycles. The molecule has 41 heavy (non-hydrogen) atoms. The first-order chi connectivity index (χ1) is 19.7. The standard InChI is InChI=1S/C28H28Cl2N4O6S/c1-28(2)39-14-19(40-28)13-37-18-11-20(29)23(21(30)12-18)26-33-24(22-8-9-31-27(32-22)41-4)25(34(26)35)16-6-5-7-17(10-16)38-15-36-3/h5-12,19,35H,13-15H2,1-4H3/t19-/m1/s1. The van der Waals surface area contributed by atoms with Gasteiger partial charge in [0, 0.05) is 18.9 Å². The van der Waals surface area contributed by atoms with Gasteiger partial charge in [0.05, 0.1) is 27.9 Å². The molecule has 5 rings (SSSR count). The number of halogens is 2. The monoisotopic (exact) mass is 618 g/mol. The molecule has 1 aliphatic rings. The predicted molar refractivity (Wildman–Crippen MR) is 156 cm³/mol. The van der Waals surface area contributed by atoms with Crippen molar-refractivity contribution < 1.29 is 28.9 Å². The van der Waals surface area contributed by atoms with Crippen molar-refractivity contribution in [3.05, 3.63) is 58.7 Å². The third kappa shape index (κ3) is 6.56. The molecule has 0 aliphatic carbocycles. The number of rotatable bonds is 10. The van der Waals surface area contributed by atoms with E-state index in [4.69, 9.17) is 51.9 Å². The maximum Gasteiger partial charge on any atom is 0.188 e. The van der Waals surface area contributed by atoms with Crippen LogP contribution < -0.4 is 9.47 Å². The quantitative estimate of drug-likeness (QED) is 0.0920. The maximum atomic E-state index is 11.5. The molecule has 1 fully saturated rings. The molecular formula is C28H28Cl2N4O6S. The SMILES string of the molecule is COCOc1cccc(-c2c(-c3ccnc(SC)n3)nc(-c3c(Cl)cc(OC[C@@H]4COC(C)(C)O4)cc3Cl)n2O)c1. The molecule has 0 spiro atoms. The lowest BCUT2D eigenvalue weighted by atomic mass is 10.1. The van der Waals surface area contributed by atoms with Crippen molar-refractivity contribution in [2.24, 2.45) is 0 Å². The molecule has 0 unspecified atom stereocenters. The summed E-state index contributed by atoms with van der Waals surface area (Å²) < 4.78 is 28.9. The Labute approximate surface area is 251 Å². The smallest absolute Gasteiger partial charge is 0.188 e. The van der Waals surface area contributed by atoms with Crippen LogP contribution in [0.3, 0.4) is 0 Å². The largest absolute Gasteiger partial charge is 0.491 e. The molecule has 216 valence electrons. The minimum absolute atomic E-state index is 0.0697. The second-order valence-electron chi connectivity index (χ2n) is 9.48. The van der Waals surface area contributed by atoms with Gasteiger partial charge in [0.15, 0.2) is 23.6 Å². The molecule has 0 bridgehead atoms. The van der Waals surface area contributed by atoms with E-state index < -0.39 is 5.79 Å². The van der Waals surface area contributed by atoms with Crippen LogP contribution in [0.1, 0.15) is 13.8 Å². The normalized spacial score (nSPS) is 16.2. The maximum absolute atomic E-state index is 11.5. The Morgan fingerprint density at radius 1 is 1.10 bits per heavy atom. The van der Waals surface area contributed by atoms with Gasteiger partial charge in [-0.2, -0.15) is 4.73 Å². The van der Waals surface area contributed by atoms with Crippen molar-refractivity contribution in [2.75, 3.05) is 33.4 Å². The van der Waals surface area contributed by atoms with E-state index in [0.29, 0.717) is 51.5 Å². The lowest BCUT2D eigenvalue weighted by molar-refractivity contribution is -0.141. The Kier molecular flexibility index (Phi) is 8.93. The number of hydrogen-bond acceptors (Lipinski definition) is 10. The van der Waals surface area contributed by atoms with Crippen LogP contribution >= 0.6 is 35.0 Å². The van der Waals surface area contributed by atoms with Gasteiger partial charge in [0.1, 0.15) is 35.6 Å². The highest BCUT2D eigenvalue weighted by Gasteiger charge is 2.33. The first-order valence-electron chi connectivity index (χ1n) is 12.5. The molecule has 1 N–H and O–H groups in total. The van der Waals surface area contributed by atoms with E-state index in [1.54, 1.807) is 42.6 Å². The molecule has 4 aromatic rings. The average molecular weight is 620 g/mol. The zero-order valence-corrected chi connectivity index (χ0v) is 25.1. The molecule has 1 atom stereocenters. The molecule has 10 nitrogen and oxygen atoms in total. The summed E-state index contributed by atoms with van der Waals surface area (Å²) in [6.07, 6.45) is 3.28. The molecule has 0 radical (unpaired) electrons. The summed E-state index contributed by atoms with van der Waals surface area (Å²) in [6, 6.07) is 12.1. The summed E-state index contributed by atoms with van der Waals surface area (Å²) in [5.74, 6) is 0.453. The first kappa shape index (κ1) is 29.4. The highest BCUT2D eigenvalue weighted by atomic mass is 35.5. The molecule has 0 saturated carbocycles. The second-order valence-corrected chi connectivity index (χ2v) is 11.1. The number of imidazole rings is 1. The minimum atomic E-state index is -0.656. The van der Waals surface area contributed by atoms with E-state index in [0.717, 1.165) is 4.73 Å². The molecule has 2 aromatic heterocycles. The molecule has 1 aliphatic heterocycles. The lowest BCUT2D eigenvalue weighted by Gasteiger charge is -2.17. The van der Waals surface area contributed by atoms with Crippen molar-refractivity contribution in [1.29, 1.82) is 0 Å². The van der Waals surface area contributed by atoms with E-state index in [-0.39, 0.29) is 35.4 Å². The third-order valence-corrected chi connectivity index (χ3v) is 7.26. The first-order valence-corrected chi connectivity index (χ1v) is 14.5. The number of methoxy groups -OCH3 is 1. The number of aromatic nitrogens is 4. The van der Waals surface area contributed by atoms with Gasteiger partial charge in [-0.3, -0.25) is 0 Å². The van der Waals surface area contributed by atoms with Crippen LogP contribution in [-0.2, 0) is 14.2 Å². The van der Waals surface area contributed by atoms with Gasteiger partial charge in [-0.05, 0) is 50.4 Å². The topological polar surface area (TPSA) is 110 Å². The average Bonchev–Trinajstić information content (AvgIpc) is 3.48. The van der Waals surface area contributed by atoms with Crippen LogP contribution in [0.2, 0.25) is 10.0 Å². The minimum Gasteiger partial charge on any atom is -0.491 e. The van der Waals surface area contributed by atoms with Crippen molar-refractivity contribution in [3.8, 4) is 45.5 Å². The number of hydrogen-bond donors (Lipinski definition) is 1. The number of nitrogens with zero attached hydrogens (tertiary/aromatic N) is 4. The molecular weight excluding hydrogens is 591 g/mol. The van der Waals surface area contributed by atoms with Crippen LogP contribution in [-0.4, -0.2) is 70.2 Å². The zero-order chi connectivity index (χ0) is 29.1. The van der Waals surface area contributed by atoms with Gasteiger partial charge < -0.3 is 28.9 Å². The Bertz CT molecular complexity index is 1530. The Morgan fingerprint density at radius 3 is 2.56 bits per heavy atom. The van der Waals surface area contributed by atoms with E-state index in [1.807, 2.05) is 26.2 Å². The van der Waals surface area contributed by atoms with E-state index >= 15 is 0 Å². The van der Waals surface area contributed by atoms with Crippen LogP contribution in [0.15, 0.2) is 53.8 Å². The third-order valence-electron chi connectivity index (χ3n) is 6.11. The summed E-state index contributed by atoms with van der Waals surface area (Å²) in [5, 5.41) is 12.6. The number of ether oxygens (including phenoxy) is 5. The van der Waals surface area contributed by atoms with Crippen molar-refractivity contribution in [3.63, 3.8) is 0 Å². The molecule has 13 heteroatoms. The molecule has 0 amide bonds. The Hall–Kier alpha value is -3.06. The molecule has 3 heterocycles. The van der Waals surface area contributed by atoms with Gasteiger partial charge in [-0.25, -0.2) is 15.0 Å². The van der Waals surface area contributed by atoms with E-state index in [1.165, 1.54) is 18.9 Å². The van der Waals surface area contributed by atoms with E-state index in [2.05, 4.69) is 9.97 Å². The molecule has 1 saturated heterocycles. The fraction of sp³-hybridized carbons (Fsp3) is 0.321. The summed E-state index contributed by atoms with van der Waals surface area (Å²) in [7, 11) is 1.54. The van der Waals surface area contributed by atoms with Crippen LogP contribution in [0, 0.1) is 0 Å². The summed E-state index contributed by atoms with van der Waals surface area (Å²) in [6.45, 7) is 4.44. The number of benzene rings is 2. The Morgan fingerprint density at radius 2 is 1.88 bits per heavy atom. The highest BCUT2D eigenvalue weighted by molar-refractivity contribution is 7.98. The second kappa shape index (κ2) is 12.4. The predicted octanol–water partition coefficient (Wildman–Crippen LogP) is 6.45. The van der Waals surface area contributed by atoms with Crippen LogP contribution in [0.4, 0.5) is 0 Å². The van der Waals surface area contributed by atoms with Crippen molar-refractivity contribution >= 4 is 35.0 Å². The van der Waals surface area contributed by atoms with Crippen molar-refractivity contribution in [2.45, 2.75) is 30.9 Å². The van der Waals surface area contributed by atoms with Gasteiger partial charge in [-0.15, -0.1) is 0 Å². The zero-order valence-electron chi connectivity index (χ0n) is 22.8. The van der Waals surface area contributed by atoms with Gasteiger partial charge >= 0.3 is 0 Å². The van der Waals surface area contributed by atoms with Crippen LogP contribution in [0.25, 0.3) is 34.0 Å².